The van der Waals surface area contributed by atoms with E-state index in [0.717, 1.165) is 34.8 Å². The highest BCUT2D eigenvalue weighted by Gasteiger charge is 2.33. The lowest BCUT2D eigenvalue weighted by atomic mass is 10.1. The molecule has 1 amide bonds. The molecule has 2 N–H and O–H groups in total. The highest BCUT2D eigenvalue weighted by atomic mass is 19.1. The molecule has 0 unspecified atom stereocenters. The summed E-state index contributed by atoms with van der Waals surface area (Å²) in [5.41, 5.74) is -0.310. The van der Waals surface area contributed by atoms with Crippen LogP contribution in [-0.4, -0.2) is 35.1 Å². The average molecular weight is 499 g/mol. The van der Waals surface area contributed by atoms with Gasteiger partial charge in [-0.15, -0.1) is 0 Å². The fourth-order valence-electron chi connectivity index (χ4n) is 3.82. The Kier molecular flexibility index (Phi) is 7.16. The van der Waals surface area contributed by atoms with Crippen molar-refractivity contribution in [2.24, 2.45) is 5.10 Å². The van der Waals surface area contributed by atoms with Crippen LogP contribution in [0.15, 0.2) is 65.8 Å². The molecular formula is C26H25F3N4O3. The minimum atomic E-state index is -1.28. The minimum Gasteiger partial charge on any atom is -0.485 e. The minimum absolute atomic E-state index is 0.0630. The molecule has 188 valence electrons. The largest absolute Gasteiger partial charge is 0.485 e. The Bertz CT molecular complexity index is 1280. The summed E-state index contributed by atoms with van der Waals surface area (Å²) < 4.78 is 49.6. The quantitative estimate of drug-likeness (QED) is 0.466. The Morgan fingerprint density at radius 1 is 1.08 bits per heavy atom. The van der Waals surface area contributed by atoms with E-state index in [4.69, 9.17) is 4.74 Å². The number of carbonyl (C=O) groups is 1. The van der Waals surface area contributed by atoms with Crippen LogP contribution in [0.5, 0.6) is 5.75 Å². The molecule has 3 aromatic rings. The number of hydrazone groups is 1. The number of nitrogens with zero attached hydrogens (tertiary/aromatic N) is 3. The molecule has 0 radical (unpaired) electrons. The number of ether oxygens (including phenoxy) is 1. The fraction of sp³-hybridized carbons (Fsp3) is 0.231. The van der Waals surface area contributed by atoms with E-state index in [1.165, 1.54) is 11.0 Å². The van der Waals surface area contributed by atoms with Gasteiger partial charge in [0.1, 0.15) is 46.5 Å². The van der Waals surface area contributed by atoms with Gasteiger partial charge < -0.3 is 20.1 Å². The molecule has 3 aromatic carbocycles. The summed E-state index contributed by atoms with van der Waals surface area (Å²) in [6, 6.07) is 14.4. The first-order chi connectivity index (χ1) is 17.2. The molecule has 0 fully saturated rings. The number of hydrogen-bond acceptors (Lipinski definition) is 6. The van der Waals surface area contributed by atoms with Crippen molar-refractivity contribution in [1.29, 1.82) is 0 Å². The van der Waals surface area contributed by atoms with E-state index < -0.39 is 41.5 Å². The van der Waals surface area contributed by atoms with Crippen molar-refractivity contribution in [3.63, 3.8) is 0 Å². The highest BCUT2D eigenvalue weighted by molar-refractivity contribution is 6.06. The normalized spacial score (nSPS) is 16.1. The summed E-state index contributed by atoms with van der Waals surface area (Å²) in [5, 5.41) is 18.1. The Hall–Kier alpha value is -4.05. The van der Waals surface area contributed by atoms with E-state index in [0.29, 0.717) is 12.3 Å². The fourth-order valence-corrected chi connectivity index (χ4v) is 3.82. The van der Waals surface area contributed by atoms with Gasteiger partial charge in [-0.05, 0) is 30.7 Å². The lowest BCUT2D eigenvalue weighted by Crippen LogP contribution is -2.39. The molecule has 0 saturated heterocycles. The Labute approximate surface area is 206 Å². The molecule has 36 heavy (non-hydrogen) atoms. The molecule has 0 spiro atoms. The molecule has 0 saturated carbocycles. The van der Waals surface area contributed by atoms with Crippen LogP contribution in [0.25, 0.3) is 0 Å². The van der Waals surface area contributed by atoms with Gasteiger partial charge in [0.2, 0.25) is 6.35 Å². The first-order valence-corrected chi connectivity index (χ1v) is 11.3. The number of amidine groups is 1. The van der Waals surface area contributed by atoms with Crippen molar-refractivity contribution < 1.29 is 27.8 Å². The standard InChI is InChI=1S/C26H25F3N4O3/c1-4-23-31-33(26(35)32(23)3)21-14-22(36-15(2)16-9-6-5-7-10-16)17(13-20(21)29)25(34)30-24-18(27)11-8-12-19(24)28/h5-15,26,35H,4H2,1-3H3,(H,30,34)/t15-,26-/m0/s1. The maximum atomic E-state index is 15.3. The topological polar surface area (TPSA) is 77.4 Å². The SMILES string of the molecule is CCC1=NN(c2cc(O[C@@H](C)c3ccccc3)c(C(=O)Nc3c(F)cccc3F)cc2F)[C@@H](O)N1C. The number of amides is 1. The first-order valence-electron chi connectivity index (χ1n) is 11.3. The lowest BCUT2D eigenvalue weighted by molar-refractivity contribution is 0.0794. The zero-order chi connectivity index (χ0) is 26.0. The van der Waals surface area contributed by atoms with Crippen molar-refractivity contribution in [2.45, 2.75) is 32.7 Å². The van der Waals surface area contributed by atoms with Crippen molar-refractivity contribution in [1.82, 2.24) is 4.90 Å². The molecule has 0 bridgehead atoms. The van der Waals surface area contributed by atoms with Gasteiger partial charge >= 0.3 is 0 Å². The number of halogens is 3. The number of aliphatic hydroxyl groups is 1. The lowest BCUT2D eigenvalue weighted by Gasteiger charge is -2.25. The third-order valence-corrected chi connectivity index (χ3v) is 5.83. The molecule has 0 aliphatic carbocycles. The van der Waals surface area contributed by atoms with Crippen molar-refractivity contribution >= 4 is 23.1 Å². The van der Waals surface area contributed by atoms with Gasteiger partial charge in [-0.1, -0.05) is 43.3 Å². The number of aliphatic hydroxyl groups excluding tert-OH is 1. The van der Waals surface area contributed by atoms with E-state index in [1.807, 2.05) is 37.3 Å². The summed E-state index contributed by atoms with van der Waals surface area (Å²) >= 11 is 0. The van der Waals surface area contributed by atoms with Gasteiger partial charge in [-0.25, -0.2) is 18.2 Å². The van der Waals surface area contributed by atoms with Gasteiger partial charge in [-0.3, -0.25) is 4.79 Å². The number of carbonyl (C=O) groups excluding carboxylic acids is 1. The zero-order valence-corrected chi connectivity index (χ0v) is 19.9. The van der Waals surface area contributed by atoms with Crippen LogP contribution in [0, 0.1) is 17.5 Å². The summed E-state index contributed by atoms with van der Waals surface area (Å²) in [7, 11) is 1.62. The predicted molar refractivity (Wildman–Crippen MR) is 130 cm³/mol. The highest BCUT2D eigenvalue weighted by Crippen LogP contribution is 2.35. The molecule has 2 atom stereocenters. The van der Waals surface area contributed by atoms with Gasteiger partial charge in [0.15, 0.2) is 0 Å². The number of anilines is 2. The van der Waals surface area contributed by atoms with E-state index in [2.05, 4.69) is 10.4 Å². The van der Waals surface area contributed by atoms with E-state index in [1.54, 1.807) is 14.0 Å². The van der Waals surface area contributed by atoms with Crippen LogP contribution >= 0.6 is 0 Å². The number of benzene rings is 3. The summed E-state index contributed by atoms with van der Waals surface area (Å²) in [5.74, 6) is -3.36. The molecule has 1 heterocycles. The van der Waals surface area contributed by atoms with E-state index in [-0.39, 0.29) is 17.0 Å². The van der Waals surface area contributed by atoms with Crippen molar-refractivity contribution in [3.05, 3.63) is 89.2 Å². The van der Waals surface area contributed by atoms with Crippen molar-refractivity contribution in [3.8, 4) is 5.75 Å². The van der Waals surface area contributed by atoms with Crippen LogP contribution in [0.1, 0.15) is 42.3 Å². The zero-order valence-electron chi connectivity index (χ0n) is 19.9. The summed E-state index contributed by atoms with van der Waals surface area (Å²) in [6.07, 6.45) is -1.35. The molecule has 1 aliphatic heterocycles. The van der Waals surface area contributed by atoms with Crippen molar-refractivity contribution in [2.75, 3.05) is 17.4 Å². The van der Waals surface area contributed by atoms with Gasteiger partial charge in [0, 0.05) is 19.5 Å². The number of para-hydroxylation sites is 1. The van der Waals surface area contributed by atoms with E-state index in [9.17, 15) is 18.7 Å². The van der Waals surface area contributed by atoms with Crippen LogP contribution in [-0.2, 0) is 0 Å². The number of nitrogens with one attached hydrogen (secondary N) is 1. The van der Waals surface area contributed by atoms with Gasteiger partial charge in [-0.2, -0.15) is 5.10 Å². The summed E-state index contributed by atoms with van der Waals surface area (Å²) in [4.78, 5) is 14.5. The van der Waals surface area contributed by atoms with E-state index >= 15 is 4.39 Å². The number of rotatable bonds is 7. The Balaban J connectivity index is 1.76. The van der Waals surface area contributed by atoms with Crippen LogP contribution in [0.2, 0.25) is 0 Å². The Morgan fingerprint density at radius 2 is 1.75 bits per heavy atom. The van der Waals surface area contributed by atoms with Crippen LogP contribution in [0.3, 0.4) is 0 Å². The molecule has 4 rings (SSSR count). The maximum absolute atomic E-state index is 15.3. The third kappa shape index (κ3) is 4.85. The average Bonchev–Trinajstić information content (AvgIpc) is 3.16. The molecule has 1 aliphatic rings. The van der Waals surface area contributed by atoms with Crippen LogP contribution < -0.4 is 15.1 Å². The maximum Gasteiger partial charge on any atom is 0.259 e. The Morgan fingerprint density at radius 3 is 2.36 bits per heavy atom. The smallest absolute Gasteiger partial charge is 0.259 e. The molecule has 0 aromatic heterocycles. The third-order valence-electron chi connectivity index (χ3n) is 5.83. The second-order valence-electron chi connectivity index (χ2n) is 8.19. The number of hydrogen-bond donors (Lipinski definition) is 2. The monoisotopic (exact) mass is 498 g/mol. The van der Waals surface area contributed by atoms with Gasteiger partial charge in [0.05, 0.1) is 5.56 Å². The molecule has 7 nitrogen and oxygen atoms in total. The first kappa shape index (κ1) is 25.1. The second kappa shape index (κ2) is 10.3. The van der Waals surface area contributed by atoms with Crippen LogP contribution in [0.4, 0.5) is 24.5 Å². The van der Waals surface area contributed by atoms with Gasteiger partial charge in [0.25, 0.3) is 5.91 Å². The summed E-state index contributed by atoms with van der Waals surface area (Å²) in [6.45, 7) is 3.58. The molecule has 10 heteroatoms. The molecular weight excluding hydrogens is 473 g/mol. The predicted octanol–water partition coefficient (Wildman–Crippen LogP) is 5.25. The second-order valence-corrected chi connectivity index (χ2v) is 8.19.